The van der Waals surface area contributed by atoms with Crippen molar-refractivity contribution >= 4 is 11.6 Å². The first-order valence-corrected chi connectivity index (χ1v) is 9.29. The van der Waals surface area contributed by atoms with E-state index in [2.05, 4.69) is 35.5 Å². The van der Waals surface area contributed by atoms with Crippen LogP contribution in [0.15, 0.2) is 24.3 Å². The van der Waals surface area contributed by atoms with E-state index in [1.807, 2.05) is 6.07 Å². The summed E-state index contributed by atoms with van der Waals surface area (Å²) in [6, 6.07) is 9.31. The second-order valence-electron chi connectivity index (χ2n) is 7.07. The Morgan fingerprint density at radius 1 is 1.18 bits per heavy atom. The van der Waals surface area contributed by atoms with Gasteiger partial charge in [-0.05, 0) is 75.4 Å². The van der Waals surface area contributed by atoms with Crippen molar-refractivity contribution in [1.29, 1.82) is 0 Å². The van der Waals surface area contributed by atoms with E-state index in [9.17, 15) is 0 Å². The zero-order valence-corrected chi connectivity index (χ0v) is 14.5. The standard InChI is InChI=1S/C19H29ClN2/c1-21-18-9-11-22(12-10-18)14-19(15-5-2-3-6-15)16-7-4-8-17(20)13-16/h4,7-8,13,15,18-19,21H,2-3,5-6,9-12,14H2,1H3/t19-/m0/s1. The second-order valence-corrected chi connectivity index (χ2v) is 7.51. The summed E-state index contributed by atoms with van der Waals surface area (Å²) in [6.45, 7) is 3.67. The quantitative estimate of drug-likeness (QED) is 0.870. The molecular weight excluding hydrogens is 292 g/mol. The van der Waals surface area contributed by atoms with Gasteiger partial charge in [0.2, 0.25) is 0 Å². The fourth-order valence-electron chi connectivity index (χ4n) is 4.31. The molecule has 2 aliphatic rings. The Kier molecular flexibility index (Phi) is 5.78. The van der Waals surface area contributed by atoms with Gasteiger partial charge in [0.05, 0.1) is 0 Å². The minimum atomic E-state index is 0.660. The zero-order valence-electron chi connectivity index (χ0n) is 13.7. The SMILES string of the molecule is CNC1CCN(C[C@H](c2cccc(Cl)c2)C2CCCC2)CC1. The summed E-state index contributed by atoms with van der Waals surface area (Å²) in [7, 11) is 2.09. The maximum atomic E-state index is 6.25. The van der Waals surface area contributed by atoms with E-state index in [1.54, 1.807) is 0 Å². The van der Waals surface area contributed by atoms with Crippen molar-refractivity contribution in [3.8, 4) is 0 Å². The molecule has 122 valence electrons. The van der Waals surface area contributed by atoms with Crippen LogP contribution in [0, 0.1) is 5.92 Å². The van der Waals surface area contributed by atoms with Crippen LogP contribution in [0.5, 0.6) is 0 Å². The van der Waals surface area contributed by atoms with Gasteiger partial charge in [-0.1, -0.05) is 36.6 Å². The van der Waals surface area contributed by atoms with Crippen LogP contribution in [0.4, 0.5) is 0 Å². The van der Waals surface area contributed by atoms with Crippen molar-refractivity contribution in [2.24, 2.45) is 5.92 Å². The van der Waals surface area contributed by atoms with E-state index in [0.29, 0.717) is 12.0 Å². The molecule has 1 aromatic rings. The van der Waals surface area contributed by atoms with Crippen LogP contribution in [0.3, 0.4) is 0 Å². The van der Waals surface area contributed by atoms with Gasteiger partial charge in [-0.25, -0.2) is 0 Å². The summed E-state index contributed by atoms with van der Waals surface area (Å²) >= 11 is 6.25. The Morgan fingerprint density at radius 3 is 2.55 bits per heavy atom. The molecule has 1 N–H and O–H groups in total. The lowest BCUT2D eigenvalue weighted by Gasteiger charge is -2.36. The van der Waals surface area contributed by atoms with E-state index in [1.165, 1.54) is 63.7 Å². The first-order valence-electron chi connectivity index (χ1n) is 8.91. The molecule has 0 bridgehead atoms. The first-order chi connectivity index (χ1) is 10.8. The van der Waals surface area contributed by atoms with Crippen molar-refractivity contribution in [1.82, 2.24) is 10.2 Å². The molecule has 1 atom stereocenters. The normalized spacial score (nSPS) is 23.0. The highest BCUT2D eigenvalue weighted by molar-refractivity contribution is 6.30. The number of rotatable bonds is 5. The molecule has 0 unspecified atom stereocenters. The van der Waals surface area contributed by atoms with Gasteiger partial charge in [-0.3, -0.25) is 0 Å². The number of benzene rings is 1. The molecule has 1 aliphatic heterocycles. The number of likely N-dealkylation sites (tertiary alicyclic amines) is 1. The van der Waals surface area contributed by atoms with Crippen molar-refractivity contribution in [3.05, 3.63) is 34.9 Å². The number of hydrogen-bond acceptors (Lipinski definition) is 2. The van der Waals surface area contributed by atoms with Crippen molar-refractivity contribution in [3.63, 3.8) is 0 Å². The molecule has 0 spiro atoms. The Hall–Kier alpha value is -0.570. The van der Waals surface area contributed by atoms with Crippen LogP contribution in [0.25, 0.3) is 0 Å². The monoisotopic (exact) mass is 320 g/mol. The number of nitrogens with zero attached hydrogens (tertiary/aromatic N) is 1. The molecule has 1 aromatic carbocycles. The van der Waals surface area contributed by atoms with Crippen molar-refractivity contribution in [2.75, 3.05) is 26.7 Å². The smallest absolute Gasteiger partial charge is 0.0408 e. The van der Waals surface area contributed by atoms with Crippen LogP contribution >= 0.6 is 11.6 Å². The van der Waals surface area contributed by atoms with Gasteiger partial charge in [0.15, 0.2) is 0 Å². The summed E-state index contributed by atoms with van der Waals surface area (Å²) in [4.78, 5) is 2.68. The number of nitrogens with one attached hydrogen (secondary N) is 1. The lowest BCUT2D eigenvalue weighted by atomic mass is 9.84. The fourth-order valence-corrected chi connectivity index (χ4v) is 4.50. The molecule has 2 nitrogen and oxygen atoms in total. The zero-order chi connectivity index (χ0) is 15.4. The van der Waals surface area contributed by atoms with Gasteiger partial charge in [0.1, 0.15) is 0 Å². The average Bonchev–Trinajstić information content (AvgIpc) is 3.07. The summed E-state index contributed by atoms with van der Waals surface area (Å²) < 4.78 is 0. The van der Waals surface area contributed by atoms with Crippen molar-refractivity contribution in [2.45, 2.75) is 50.5 Å². The Labute approximate surface area is 140 Å². The molecule has 0 amide bonds. The van der Waals surface area contributed by atoms with Crippen molar-refractivity contribution < 1.29 is 0 Å². The van der Waals surface area contributed by atoms with E-state index in [4.69, 9.17) is 11.6 Å². The molecule has 3 rings (SSSR count). The number of hydrogen-bond donors (Lipinski definition) is 1. The van der Waals surface area contributed by atoms with Gasteiger partial charge in [0.25, 0.3) is 0 Å². The van der Waals surface area contributed by atoms with Gasteiger partial charge in [0, 0.05) is 17.6 Å². The summed E-state index contributed by atoms with van der Waals surface area (Å²) in [5.74, 6) is 1.51. The first kappa shape index (κ1) is 16.3. The molecule has 3 heteroatoms. The molecule has 1 saturated carbocycles. The van der Waals surface area contributed by atoms with Crippen LogP contribution < -0.4 is 5.32 Å². The minimum Gasteiger partial charge on any atom is -0.317 e. The minimum absolute atomic E-state index is 0.660. The highest BCUT2D eigenvalue weighted by Gasteiger charge is 2.29. The lowest BCUT2D eigenvalue weighted by molar-refractivity contribution is 0.176. The van der Waals surface area contributed by atoms with Crippen LogP contribution in [-0.2, 0) is 0 Å². The molecule has 0 aromatic heterocycles. The molecule has 2 fully saturated rings. The maximum absolute atomic E-state index is 6.25. The molecular formula is C19H29ClN2. The van der Waals surface area contributed by atoms with E-state index < -0.39 is 0 Å². The van der Waals surface area contributed by atoms with E-state index in [0.717, 1.165) is 10.9 Å². The lowest BCUT2D eigenvalue weighted by Crippen LogP contribution is -2.43. The summed E-state index contributed by atoms with van der Waals surface area (Å²) in [6.07, 6.45) is 8.16. The topological polar surface area (TPSA) is 15.3 Å². The third-order valence-corrected chi connectivity index (χ3v) is 5.93. The molecule has 1 heterocycles. The molecule has 22 heavy (non-hydrogen) atoms. The van der Waals surface area contributed by atoms with Gasteiger partial charge in [-0.15, -0.1) is 0 Å². The predicted octanol–water partition coefficient (Wildman–Crippen LogP) is 4.30. The summed E-state index contributed by atoms with van der Waals surface area (Å²) in [5.41, 5.74) is 1.45. The third kappa shape index (κ3) is 4.04. The van der Waals surface area contributed by atoms with Crippen LogP contribution in [0.1, 0.15) is 50.0 Å². The van der Waals surface area contributed by atoms with Crippen LogP contribution in [0.2, 0.25) is 5.02 Å². The highest BCUT2D eigenvalue weighted by atomic mass is 35.5. The Bertz CT molecular complexity index is 462. The Balaban J connectivity index is 1.69. The average molecular weight is 321 g/mol. The van der Waals surface area contributed by atoms with Gasteiger partial charge < -0.3 is 10.2 Å². The van der Waals surface area contributed by atoms with Gasteiger partial charge >= 0.3 is 0 Å². The maximum Gasteiger partial charge on any atom is 0.0408 e. The van der Waals surface area contributed by atoms with Gasteiger partial charge in [-0.2, -0.15) is 0 Å². The van der Waals surface area contributed by atoms with E-state index in [-0.39, 0.29) is 0 Å². The molecule has 1 saturated heterocycles. The predicted molar refractivity (Wildman–Crippen MR) is 94.7 cm³/mol. The number of halogens is 1. The highest BCUT2D eigenvalue weighted by Crippen LogP contribution is 2.38. The molecule has 1 aliphatic carbocycles. The third-order valence-electron chi connectivity index (χ3n) is 5.70. The second kappa shape index (κ2) is 7.81. The number of piperidine rings is 1. The Morgan fingerprint density at radius 2 is 1.91 bits per heavy atom. The van der Waals surface area contributed by atoms with E-state index >= 15 is 0 Å². The largest absolute Gasteiger partial charge is 0.317 e. The molecule has 0 radical (unpaired) electrons. The fraction of sp³-hybridized carbons (Fsp3) is 0.684. The summed E-state index contributed by atoms with van der Waals surface area (Å²) in [5, 5.41) is 4.31. The van der Waals surface area contributed by atoms with Crippen LogP contribution in [-0.4, -0.2) is 37.6 Å².